The van der Waals surface area contributed by atoms with Gasteiger partial charge in [-0.3, -0.25) is 14.8 Å². The Hall–Kier alpha value is -3.58. The number of rotatable bonds is 5. The second-order valence-corrected chi connectivity index (χ2v) is 6.89. The quantitative estimate of drug-likeness (QED) is 0.442. The third kappa shape index (κ3) is 3.72. The highest BCUT2D eigenvalue weighted by atomic mass is 35.5. The lowest BCUT2D eigenvalue weighted by atomic mass is 10.1. The van der Waals surface area contributed by atoms with Crippen LogP contribution >= 0.6 is 11.6 Å². The lowest BCUT2D eigenvalue weighted by Crippen LogP contribution is -2.31. The molecule has 29 heavy (non-hydrogen) atoms. The van der Waals surface area contributed by atoms with E-state index in [0.29, 0.717) is 23.7 Å². The van der Waals surface area contributed by atoms with Gasteiger partial charge in [-0.2, -0.15) is 0 Å². The van der Waals surface area contributed by atoms with Crippen molar-refractivity contribution < 1.29 is 5.11 Å². The molecule has 0 unspecified atom stereocenters. The molecule has 0 bridgehead atoms. The molecule has 2 aromatic heterocycles. The molecule has 0 fully saturated rings. The Morgan fingerprint density at radius 3 is 2.66 bits per heavy atom. The molecular formula is C21H17ClN4O3. The second-order valence-electron chi connectivity index (χ2n) is 6.45. The van der Waals surface area contributed by atoms with Gasteiger partial charge in [0, 0.05) is 34.9 Å². The molecule has 8 heteroatoms. The van der Waals surface area contributed by atoms with Crippen molar-refractivity contribution in [3.05, 3.63) is 91.7 Å². The Morgan fingerprint density at radius 2 is 1.86 bits per heavy atom. The van der Waals surface area contributed by atoms with E-state index in [1.807, 2.05) is 30.5 Å². The summed E-state index contributed by atoms with van der Waals surface area (Å²) in [6.07, 6.45) is 3.88. The van der Waals surface area contributed by atoms with Crippen LogP contribution in [0.3, 0.4) is 0 Å². The molecule has 3 N–H and O–H groups in total. The third-order valence-electron chi connectivity index (χ3n) is 4.61. The van der Waals surface area contributed by atoms with Crippen molar-refractivity contribution in [2.45, 2.75) is 6.42 Å². The average Bonchev–Trinajstić information content (AvgIpc) is 3.12. The first-order valence-corrected chi connectivity index (χ1v) is 9.31. The molecule has 146 valence electrons. The highest BCUT2D eigenvalue weighted by Crippen LogP contribution is 2.19. The van der Waals surface area contributed by atoms with Crippen molar-refractivity contribution in [2.75, 3.05) is 6.54 Å². The number of nitrogens with zero attached hydrogens (tertiary/aromatic N) is 2. The Labute approximate surface area is 169 Å². The van der Waals surface area contributed by atoms with Gasteiger partial charge < -0.3 is 10.1 Å². The topological polar surface area (TPSA) is 103 Å². The number of aliphatic imine (C=N–C) groups is 1. The van der Waals surface area contributed by atoms with Crippen LogP contribution < -0.4 is 11.2 Å². The first kappa shape index (κ1) is 18.8. The summed E-state index contributed by atoms with van der Waals surface area (Å²) < 4.78 is 0.999. The van der Waals surface area contributed by atoms with Crippen LogP contribution in [0.4, 0.5) is 0 Å². The molecule has 0 radical (unpaired) electrons. The molecule has 0 atom stereocenters. The molecule has 0 saturated carbocycles. The minimum Gasteiger partial charge on any atom is -0.493 e. The summed E-state index contributed by atoms with van der Waals surface area (Å²) in [5.41, 5.74) is 1.01. The van der Waals surface area contributed by atoms with Crippen molar-refractivity contribution in [1.29, 1.82) is 0 Å². The predicted octanol–water partition coefficient (Wildman–Crippen LogP) is 3.03. The molecule has 2 aromatic carbocycles. The van der Waals surface area contributed by atoms with E-state index in [4.69, 9.17) is 11.6 Å². The fraction of sp³-hybridized carbons (Fsp3) is 0.0952. The van der Waals surface area contributed by atoms with Gasteiger partial charge in [0.25, 0.3) is 5.56 Å². The number of para-hydroxylation sites is 1. The van der Waals surface area contributed by atoms with Gasteiger partial charge in [-0.1, -0.05) is 29.8 Å². The zero-order valence-corrected chi connectivity index (χ0v) is 16.0. The number of nitrogens with one attached hydrogen (secondary N) is 2. The fourth-order valence-corrected chi connectivity index (χ4v) is 3.29. The molecule has 2 heterocycles. The first-order chi connectivity index (χ1) is 14.0. The van der Waals surface area contributed by atoms with Crippen LogP contribution in [-0.4, -0.2) is 32.4 Å². The van der Waals surface area contributed by atoms with Crippen LogP contribution in [0.15, 0.2) is 69.3 Å². The molecule has 0 amide bonds. The number of fused-ring (bicyclic) bond motifs is 1. The lowest BCUT2D eigenvalue weighted by Gasteiger charge is -2.09. The minimum atomic E-state index is -0.745. The Kier molecular flexibility index (Phi) is 5.05. The molecule has 0 aliphatic carbocycles. The number of aromatic nitrogens is 3. The van der Waals surface area contributed by atoms with Gasteiger partial charge in [-0.15, -0.1) is 0 Å². The number of aromatic hydroxyl groups is 1. The van der Waals surface area contributed by atoms with Crippen molar-refractivity contribution >= 4 is 28.7 Å². The number of H-pyrrole nitrogens is 2. The van der Waals surface area contributed by atoms with Crippen LogP contribution in [0.5, 0.6) is 5.88 Å². The molecule has 0 aliphatic rings. The van der Waals surface area contributed by atoms with Crippen molar-refractivity contribution in [3.8, 4) is 11.6 Å². The van der Waals surface area contributed by atoms with Crippen LogP contribution in [-0.2, 0) is 6.42 Å². The summed E-state index contributed by atoms with van der Waals surface area (Å²) in [5, 5.41) is 12.1. The van der Waals surface area contributed by atoms with Gasteiger partial charge in [0.15, 0.2) is 0 Å². The number of aromatic amines is 2. The van der Waals surface area contributed by atoms with Crippen LogP contribution in [0.1, 0.15) is 11.1 Å². The second kappa shape index (κ2) is 7.81. The van der Waals surface area contributed by atoms with E-state index in [1.54, 1.807) is 24.3 Å². The summed E-state index contributed by atoms with van der Waals surface area (Å²) in [6.45, 7) is 0.417. The van der Waals surface area contributed by atoms with E-state index < -0.39 is 17.1 Å². The van der Waals surface area contributed by atoms with E-state index in [-0.39, 0.29) is 5.56 Å². The smallest absolute Gasteiger partial charge is 0.335 e. The molecule has 4 aromatic rings. The molecule has 0 aliphatic heterocycles. The zero-order valence-electron chi connectivity index (χ0n) is 15.2. The van der Waals surface area contributed by atoms with E-state index in [0.717, 1.165) is 21.0 Å². The van der Waals surface area contributed by atoms with Gasteiger partial charge in [-0.25, -0.2) is 9.36 Å². The van der Waals surface area contributed by atoms with Gasteiger partial charge >= 0.3 is 5.69 Å². The highest BCUT2D eigenvalue weighted by molar-refractivity contribution is 6.30. The summed E-state index contributed by atoms with van der Waals surface area (Å²) >= 11 is 5.87. The number of hydrogen-bond acceptors (Lipinski definition) is 4. The molecule has 0 spiro atoms. The normalized spacial score (nSPS) is 11.5. The maximum atomic E-state index is 12.2. The summed E-state index contributed by atoms with van der Waals surface area (Å²) in [6, 6.07) is 14.3. The monoisotopic (exact) mass is 408 g/mol. The largest absolute Gasteiger partial charge is 0.493 e. The predicted molar refractivity (Wildman–Crippen MR) is 114 cm³/mol. The Bertz CT molecular complexity index is 1320. The van der Waals surface area contributed by atoms with Crippen LogP contribution in [0.25, 0.3) is 16.6 Å². The third-order valence-corrected chi connectivity index (χ3v) is 4.86. The molecule has 4 rings (SSSR count). The van der Waals surface area contributed by atoms with Crippen LogP contribution in [0.2, 0.25) is 5.02 Å². The van der Waals surface area contributed by atoms with Gasteiger partial charge in [0.2, 0.25) is 5.88 Å². The standard InChI is InChI=1S/C21H17ClN4O3/c22-14-5-7-15(8-6-14)26-20(28)17(19(27)25-21(26)29)12-23-10-9-13-11-24-18-4-2-1-3-16(13)18/h1-8,11-12,24,28H,9-10H2,(H,25,27,29). The van der Waals surface area contributed by atoms with Gasteiger partial charge in [-0.05, 0) is 42.3 Å². The molecule has 7 nitrogen and oxygen atoms in total. The summed E-state index contributed by atoms with van der Waals surface area (Å²) in [7, 11) is 0. The van der Waals surface area contributed by atoms with E-state index in [1.165, 1.54) is 6.21 Å². The minimum absolute atomic E-state index is 0.0847. The lowest BCUT2D eigenvalue weighted by molar-refractivity contribution is 0.430. The van der Waals surface area contributed by atoms with Crippen LogP contribution in [0, 0.1) is 0 Å². The van der Waals surface area contributed by atoms with E-state index in [2.05, 4.69) is 15.0 Å². The van der Waals surface area contributed by atoms with Gasteiger partial charge in [0.05, 0.1) is 5.69 Å². The SMILES string of the molecule is O=c1[nH]c(=O)n(-c2ccc(Cl)cc2)c(O)c1C=NCCc1c[nH]c2ccccc12. The van der Waals surface area contributed by atoms with Crippen molar-refractivity contribution in [2.24, 2.45) is 4.99 Å². The molecular weight excluding hydrogens is 392 g/mol. The Balaban J connectivity index is 1.60. The van der Waals surface area contributed by atoms with Crippen molar-refractivity contribution in [3.63, 3.8) is 0 Å². The van der Waals surface area contributed by atoms with Gasteiger partial charge in [0.1, 0.15) is 5.56 Å². The molecule has 0 saturated heterocycles. The highest BCUT2D eigenvalue weighted by Gasteiger charge is 2.14. The Morgan fingerprint density at radius 1 is 1.10 bits per heavy atom. The average molecular weight is 409 g/mol. The first-order valence-electron chi connectivity index (χ1n) is 8.93. The number of hydrogen-bond donors (Lipinski definition) is 3. The number of benzene rings is 2. The fourth-order valence-electron chi connectivity index (χ4n) is 3.16. The number of halogens is 1. The zero-order chi connectivity index (χ0) is 20.4. The van der Waals surface area contributed by atoms with E-state index in [9.17, 15) is 14.7 Å². The maximum absolute atomic E-state index is 12.2. The maximum Gasteiger partial charge on any atom is 0.335 e. The summed E-state index contributed by atoms with van der Waals surface area (Å²) in [5.74, 6) is -0.475. The van der Waals surface area contributed by atoms with E-state index >= 15 is 0 Å². The summed E-state index contributed by atoms with van der Waals surface area (Å²) in [4.78, 5) is 34.0. The van der Waals surface area contributed by atoms with Crippen molar-refractivity contribution in [1.82, 2.24) is 14.5 Å².